The number of aromatic nitrogens is 4. The van der Waals surface area contributed by atoms with Crippen molar-refractivity contribution in [2.24, 2.45) is 13.0 Å². The van der Waals surface area contributed by atoms with Gasteiger partial charge in [-0.3, -0.25) is 9.59 Å². The number of nitrogens with zero attached hydrogens (tertiary/aromatic N) is 4. The Labute approximate surface area is 168 Å². The highest BCUT2D eigenvalue weighted by atomic mass is 16.2. The Balaban J connectivity index is 1.59. The van der Waals surface area contributed by atoms with Crippen LogP contribution in [0.2, 0.25) is 0 Å². The molecule has 0 saturated heterocycles. The topological polar surface area (TPSA) is 93.8 Å². The predicted octanol–water partition coefficient (Wildman–Crippen LogP) is 2.61. The van der Waals surface area contributed by atoms with Gasteiger partial charge in [-0.1, -0.05) is 6.07 Å². The van der Waals surface area contributed by atoms with Crippen molar-refractivity contribution in [3.8, 4) is 5.82 Å². The number of amides is 2. The molecule has 8 nitrogen and oxygen atoms in total. The Bertz CT molecular complexity index is 1060. The highest BCUT2D eigenvalue weighted by molar-refractivity contribution is 6.08. The first kappa shape index (κ1) is 18.9. The largest absolute Gasteiger partial charge is 0.352 e. The van der Waals surface area contributed by atoms with Gasteiger partial charge >= 0.3 is 0 Å². The summed E-state index contributed by atoms with van der Waals surface area (Å²) in [7, 11) is 1.77. The maximum Gasteiger partial charge on any atom is 0.261 e. The third-order valence-electron chi connectivity index (χ3n) is 5.14. The number of hydrogen-bond acceptors (Lipinski definition) is 4. The van der Waals surface area contributed by atoms with Gasteiger partial charge in [0, 0.05) is 37.2 Å². The average Bonchev–Trinajstić information content (AvgIpc) is 3.26. The lowest BCUT2D eigenvalue weighted by atomic mass is 10.1. The quantitative estimate of drug-likeness (QED) is 0.674. The molecule has 8 heteroatoms. The average molecular weight is 392 g/mol. The second-order valence-electron chi connectivity index (χ2n) is 7.50. The van der Waals surface area contributed by atoms with Gasteiger partial charge in [0.1, 0.15) is 5.56 Å². The summed E-state index contributed by atoms with van der Waals surface area (Å²) in [6.45, 7) is 4.39. The van der Waals surface area contributed by atoms with Crippen molar-refractivity contribution in [3.05, 3.63) is 59.0 Å². The van der Waals surface area contributed by atoms with Crippen LogP contribution >= 0.6 is 0 Å². The lowest BCUT2D eigenvalue weighted by Crippen LogP contribution is -2.25. The van der Waals surface area contributed by atoms with Gasteiger partial charge in [-0.25, -0.2) is 9.36 Å². The van der Waals surface area contributed by atoms with Crippen molar-refractivity contribution in [2.75, 3.05) is 11.9 Å². The van der Waals surface area contributed by atoms with Crippen LogP contribution in [0.3, 0.4) is 0 Å². The zero-order valence-corrected chi connectivity index (χ0v) is 16.8. The molecule has 2 aromatic heterocycles. The molecule has 150 valence electrons. The third-order valence-corrected chi connectivity index (χ3v) is 5.14. The summed E-state index contributed by atoms with van der Waals surface area (Å²) in [6.07, 6.45) is 5.78. The first-order valence-electron chi connectivity index (χ1n) is 9.68. The maximum absolute atomic E-state index is 13.1. The fourth-order valence-corrected chi connectivity index (χ4v) is 3.31. The van der Waals surface area contributed by atoms with Crippen molar-refractivity contribution in [3.63, 3.8) is 0 Å². The lowest BCUT2D eigenvalue weighted by Gasteiger charge is -2.12. The third kappa shape index (κ3) is 3.91. The second kappa shape index (κ2) is 7.54. The van der Waals surface area contributed by atoms with Crippen LogP contribution in [0.25, 0.3) is 5.82 Å². The summed E-state index contributed by atoms with van der Waals surface area (Å²) in [4.78, 5) is 25.5. The zero-order chi connectivity index (χ0) is 20.5. The monoisotopic (exact) mass is 392 g/mol. The van der Waals surface area contributed by atoms with Crippen molar-refractivity contribution >= 4 is 17.5 Å². The minimum Gasteiger partial charge on any atom is -0.352 e. The summed E-state index contributed by atoms with van der Waals surface area (Å²) in [5, 5.41) is 14.5. The SMILES string of the molecule is Cc1ccc(C(=O)NCC2CC2)cc1NC(=O)c1c(C)nn(C)c1-n1cccn1. The first-order valence-corrected chi connectivity index (χ1v) is 9.68. The van der Waals surface area contributed by atoms with Gasteiger partial charge in [0.2, 0.25) is 0 Å². The molecule has 2 heterocycles. The molecule has 0 bridgehead atoms. The van der Waals surface area contributed by atoms with E-state index in [1.165, 1.54) is 12.8 Å². The summed E-state index contributed by atoms with van der Waals surface area (Å²) in [5.41, 5.74) is 3.05. The van der Waals surface area contributed by atoms with Crippen LogP contribution in [-0.2, 0) is 7.05 Å². The number of nitrogens with one attached hydrogen (secondary N) is 2. The number of carbonyl (C=O) groups excluding carboxylic acids is 2. The second-order valence-corrected chi connectivity index (χ2v) is 7.50. The molecule has 0 spiro atoms. The van der Waals surface area contributed by atoms with Gasteiger partial charge in [0.25, 0.3) is 11.8 Å². The van der Waals surface area contributed by atoms with Crippen LogP contribution in [-0.4, -0.2) is 37.9 Å². The standard InChI is InChI=1S/C21H24N6O2/c1-13-5-8-16(19(28)22-12-15-6-7-15)11-17(13)24-20(29)18-14(2)25-26(3)21(18)27-10-4-9-23-27/h4-5,8-11,15H,6-7,12H2,1-3H3,(H,22,28)(H,24,29). The lowest BCUT2D eigenvalue weighted by molar-refractivity contribution is 0.0950. The van der Waals surface area contributed by atoms with E-state index in [9.17, 15) is 9.59 Å². The molecule has 2 N–H and O–H groups in total. The van der Waals surface area contributed by atoms with Crippen LogP contribution in [0, 0.1) is 19.8 Å². The molecular weight excluding hydrogens is 368 g/mol. The molecule has 0 unspecified atom stereocenters. The Morgan fingerprint density at radius 3 is 2.69 bits per heavy atom. The van der Waals surface area contributed by atoms with Gasteiger partial charge < -0.3 is 10.6 Å². The number of hydrogen-bond donors (Lipinski definition) is 2. The number of benzene rings is 1. The van der Waals surface area contributed by atoms with E-state index in [1.807, 2.05) is 13.0 Å². The van der Waals surface area contributed by atoms with Crippen LogP contribution in [0.5, 0.6) is 0 Å². The molecule has 1 saturated carbocycles. The van der Waals surface area contributed by atoms with E-state index in [4.69, 9.17) is 0 Å². The number of aryl methyl sites for hydroxylation is 3. The molecule has 1 aromatic carbocycles. The van der Waals surface area contributed by atoms with Gasteiger partial charge in [-0.05, 0) is 56.4 Å². The van der Waals surface area contributed by atoms with Crippen molar-refractivity contribution in [2.45, 2.75) is 26.7 Å². The Hall–Kier alpha value is -3.42. The fraction of sp³-hybridized carbons (Fsp3) is 0.333. The van der Waals surface area contributed by atoms with E-state index < -0.39 is 0 Å². The van der Waals surface area contributed by atoms with E-state index >= 15 is 0 Å². The summed E-state index contributed by atoms with van der Waals surface area (Å²) >= 11 is 0. The van der Waals surface area contributed by atoms with Crippen molar-refractivity contribution in [1.29, 1.82) is 0 Å². The van der Waals surface area contributed by atoms with Gasteiger partial charge in [-0.15, -0.1) is 0 Å². The number of rotatable bonds is 6. The minimum atomic E-state index is -0.292. The Morgan fingerprint density at radius 1 is 1.21 bits per heavy atom. The van der Waals surface area contributed by atoms with E-state index in [2.05, 4.69) is 20.8 Å². The van der Waals surface area contributed by atoms with Crippen LogP contribution < -0.4 is 10.6 Å². The van der Waals surface area contributed by atoms with Gasteiger partial charge in [0.15, 0.2) is 5.82 Å². The zero-order valence-electron chi connectivity index (χ0n) is 16.8. The fourth-order valence-electron chi connectivity index (χ4n) is 3.31. The van der Waals surface area contributed by atoms with Crippen LogP contribution in [0.4, 0.5) is 5.69 Å². The summed E-state index contributed by atoms with van der Waals surface area (Å²) in [6, 6.07) is 7.12. The summed E-state index contributed by atoms with van der Waals surface area (Å²) in [5.74, 6) is 0.778. The molecular formula is C21H24N6O2. The van der Waals surface area contributed by atoms with E-state index in [0.29, 0.717) is 40.8 Å². The van der Waals surface area contributed by atoms with Crippen LogP contribution in [0.1, 0.15) is 44.8 Å². The van der Waals surface area contributed by atoms with Crippen molar-refractivity contribution in [1.82, 2.24) is 24.9 Å². The Morgan fingerprint density at radius 2 is 2.00 bits per heavy atom. The molecule has 0 radical (unpaired) electrons. The number of anilines is 1. The maximum atomic E-state index is 13.1. The van der Waals surface area contributed by atoms with Crippen molar-refractivity contribution < 1.29 is 9.59 Å². The van der Waals surface area contributed by atoms with Crippen LogP contribution in [0.15, 0.2) is 36.7 Å². The molecule has 0 aliphatic heterocycles. The van der Waals surface area contributed by atoms with E-state index in [1.54, 1.807) is 53.9 Å². The smallest absolute Gasteiger partial charge is 0.261 e. The molecule has 29 heavy (non-hydrogen) atoms. The molecule has 1 aliphatic carbocycles. The molecule has 0 atom stereocenters. The predicted molar refractivity (Wildman–Crippen MR) is 109 cm³/mol. The van der Waals surface area contributed by atoms with E-state index in [-0.39, 0.29) is 11.8 Å². The normalized spacial score (nSPS) is 13.3. The molecule has 1 aliphatic rings. The molecule has 4 rings (SSSR count). The highest BCUT2D eigenvalue weighted by Gasteiger charge is 2.24. The Kier molecular flexibility index (Phi) is 4.92. The molecule has 3 aromatic rings. The summed E-state index contributed by atoms with van der Waals surface area (Å²) < 4.78 is 3.25. The molecule has 2 amide bonds. The number of carbonyl (C=O) groups is 2. The highest BCUT2D eigenvalue weighted by Crippen LogP contribution is 2.28. The first-order chi connectivity index (χ1) is 13.9. The van der Waals surface area contributed by atoms with E-state index in [0.717, 1.165) is 5.56 Å². The minimum absolute atomic E-state index is 0.123. The van der Waals surface area contributed by atoms with Gasteiger partial charge in [0.05, 0.1) is 5.69 Å². The van der Waals surface area contributed by atoms with Gasteiger partial charge in [-0.2, -0.15) is 10.2 Å². The molecule has 1 fully saturated rings.